The Balaban J connectivity index is 1.80. The van der Waals surface area contributed by atoms with Crippen molar-refractivity contribution in [3.05, 3.63) is 64.7 Å². The summed E-state index contributed by atoms with van der Waals surface area (Å²) in [5.74, 6) is -0.420. The summed E-state index contributed by atoms with van der Waals surface area (Å²) >= 11 is 5.81. The van der Waals surface area contributed by atoms with Gasteiger partial charge in [0.05, 0.1) is 0 Å². The molecule has 4 amide bonds. The molecule has 9 heteroatoms. The van der Waals surface area contributed by atoms with Gasteiger partial charge in [-0.15, -0.1) is 0 Å². The van der Waals surface area contributed by atoms with E-state index in [0.717, 1.165) is 5.56 Å². The van der Waals surface area contributed by atoms with Gasteiger partial charge in [-0.3, -0.25) is 20.4 Å². The largest absolute Gasteiger partial charge is 0.489 e. The first-order chi connectivity index (χ1) is 12.4. The Bertz CT molecular complexity index is 778. The molecule has 2 aromatic carbocycles. The van der Waals surface area contributed by atoms with Crippen molar-refractivity contribution in [1.82, 2.24) is 16.2 Å². The highest BCUT2D eigenvalue weighted by Crippen LogP contribution is 2.17. The number of hydrogen-bond acceptors (Lipinski definition) is 4. The molecule has 0 radical (unpaired) electrons. The van der Waals surface area contributed by atoms with E-state index >= 15 is 0 Å². The Morgan fingerprint density at radius 3 is 2.23 bits per heavy atom. The summed E-state index contributed by atoms with van der Waals surface area (Å²) in [5.41, 5.74) is 10.4. The van der Waals surface area contributed by atoms with Crippen molar-refractivity contribution in [2.45, 2.75) is 6.61 Å². The summed E-state index contributed by atoms with van der Waals surface area (Å²) in [7, 11) is 0. The van der Waals surface area contributed by atoms with Gasteiger partial charge in [0.1, 0.15) is 18.9 Å². The van der Waals surface area contributed by atoms with Gasteiger partial charge in [0.2, 0.25) is 0 Å². The number of ether oxygens (including phenoxy) is 1. The zero-order chi connectivity index (χ0) is 18.9. The molecule has 0 saturated carbocycles. The van der Waals surface area contributed by atoms with Gasteiger partial charge >= 0.3 is 6.03 Å². The van der Waals surface area contributed by atoms with Crippen LogP contribution in [-0.4, -0.2) is 24.4 Å². The van der Waals surface area contributed by atoms with Crippen LogP contribution in [0.3, 0.4) is 0 Å². The monoisotopic (exact) mass is 376 g/mol. The predicted molar refractivity (Wildman–Crippen MR) is 95.4 cm³/mol. The zero-order valence-corrected chi connectivity index (χ0v) is 14.4. The molecular weight excluding hydrogens is 360 g/mol. The zero-order valence-electron chi connectivity index (χ0n) is 13.6. The first-order valence-corrected chi connectivity index (χ1v) is 7.91. The molecule has 2 aromatic rings. The lowest BCUT2D eigenvalue weighted by Crippen LogP contribution is -2.47. The summed E-state index contributed by atoms with van der Waals surface area (Å²) in [6.45, 7) is -0.00432. The number of nitrogens with one attached hydrogen (secondary N) is 3. The van der Waals surface area contributed by atoms with Crippen molar-refractivity contribution in [2.24, 2.45) is 5.73 Å². The highest BCUT2D eigenvalue weighted by Gasteiger charge is 2.08. The predicted octanol–water partition coefficient (Wildman–Crippen LogP) is 1.35. The number of primary amides is 1. The molecular formula is C17H17ClN4O4. The first kappa shape index (κ1) is 19.1. The Labute approximate surface area is 154 Å². The molecule has 0 spiro atoms. The quantitative estimate of drug-likeness (QED) is 0.568. The Hall–Kier alpha value is -3.26. The number of carbonyl (C=O) groups excluding carboxylic acids is 3. The number of carbonyl (C=O) groups is 3. The van der Waals surface area contributed by atoms with Gasteiger partial charge in [0, 0.05) is 10.6 Å². The molecule has 0 unspecified atom stereocenters. The Kier molecular flexibility index (Phi) is 6.81. The molecule has 26 heavy (non-hydrogen) atoms. The van der Waals surface area contributed by atoms with Crippen LogP contribution in [0.1, 0.15) is 15.9 Å². The number of halogens is 1. The second-order valence-electron chi connectivity index (χ2n) is 5.16. The minimum atomic E-state index is -0.831. The molecule has 0 aromatic heterocycles. The molecule has 0 saturated heterocycles. The summed E-state index contributed by atoms with van der Waals surface area (Å²) in [4.78, 5) is 33.8. The van der Waals surface area contributed by atoms with Crippen molar-refractivity contribution in [3.63, 3.8) is 0 Å². The molecule has 0 heterocycles. The summed E-state index contributed by atoms with van der Waals surface area (Å²) in [6.07, 6.45) is 0. The molecule has 0 aliphatic heterocycles. The van der Waals surface area contributed by atoms with Gasteiger partial charge in [-0.2, -0.15) is 0 Å². The molecule has 8 nitrogen and oxygen atoms in total. The van der Waals surface area contributed by atoms with Gasteiger partial charge in [0.15, 0.2) is 0 Å². The highest BCUT2D eigenvalue weighted by atomic mass is 35.5. The van der Waals surface area contributed by atoms with E-state index in [2.05, 4.69) is 16.2 Å². The minimum absolute atomic E-state index is 0.332. The van der Waals surface area contributed by atoms with E-state index in [-0.39, 0.29) is 6.54 Å². The lowest BCUT2D eigenvalue weighted by Gasteiger charge is -2.09. The van der Waals surface area contributed by atoms with Gasteiger partial charge in [-0.05, 0) is 42.0 Å². The van der Waals surface area contributed by atoms with Crippen LogP contribution in [0.25, 0.3) is 0 Å². The number of amides is 4. The number of urea groups is 1. The van der Waals surface area contributed by atoms with Crippen LogP contribution in [0.2, 0.25) is 5.02 Å². The third kappa shape index (κ3) is 6.33. The van der Waals surface area contributed by atoms with Crippen LogP contribution in [-0.2, 0) is 11.4 Å². The average Bonchev–Trinajstić information content (AvgIpc) is 2.64. The normalized spacial score (nSPS) is 9.88. The fourth-order valence-electron chi connectivity index (χ4n) is 1.86. The second-order valence-corrected chi connectivity index (χ2v) is 5.60. The molecule has 0 aliphatic carbocycles. The van der Waals surface area contributed by atoms with Crippen molar-refractivity contribution in [2.75, 3.05) is 6.54 Å². The van der Waals surface area contributed by atoms with Crippen molar-refractivity contribution < 1.29 is 19.1 Å². The average molecular weight is 377 g/mol. The summed E-state index contributed by atoms with van der Waals surface area (Å²) in [6, 6.07) is 12.8. The number of hydrogen-bond donors (Lipinski definition) is 4. The molecule has 0 fully saturated rings. The first-order valence-electron chi connectivity index (χ1n) is 7.54. The molecule has 0 atom stereocenters. The van der Waals surface area contributed by atoms with Crippen molar-refractivity contribution in [1.29, 1.82) is 0 Å². The van der Waals surface area contributed by atoms with Crippen molar-refractivity contribution in [3.8, 4) is 5.75 Å². The second kappa shape index (κ2) is 9.28. The lowest BCUT2D eigenvalue weighted by atomic mass is 10.1. The third-order valence-electron chi connectivity index (χ3n) is 3.17. The van der Waals surface area contributed by atoms with Gasteiger partial charge in [-0.1, -0.05) is 23.7 Å². The standard InChI is InChI=1S/C17H17ClN4O4/c18-13-5-7-14(8-6-13)26-10-11-1-3-12(4-2-11)16(24)22-21-15(23)9-20-17(19)25/h1-8H,9-10H2,(H,21,23)(H,22,24)(H3,19,20,25). The number of rotatable bonds is 6. The maximum atomic E-state index is 11.9. The topological polar surface area (TPSA) is 123 Å². The fraction of sp³-hybridized carbons (Fsp3) is 0.118. The number of hydrazine groups is 1. The van der Waals surface area contributed by atoms with E-state index in [0.29, 0.717) is 22.9 Å². The maximum Gasteiger partial charge on any atom is 0.312 e. The van der Waals surface area contributed by atoms with Gasteiger partial charge < -0.3 is 15.8 Å². The van der Waals surface area contributed by atoms with E-state index in [4.69, 9.17) is 22.1 Å². The van der Waals surface area contributed by atoms with Crippen LogP contribution in [0.4, 0.5) is 4.79 Å². The summed E-state index contributed by atoms with van der Waals surface area (Å²) < 4.78 is 5.61. The third-order valence-corrected chi connectivity index (χ3v) is 3.43. The van der Waals surface area contributed by atoms with Gasteiger partial charge in [0.25, 0.3) is 11.8 Å². The highest BCUT2D eigenvalue weighted by molar-refractivity contribution is 6.30. The number of benzene rings is 2. The smallest absolute Gasteiger partial charge is 0.312 e. The molecule has 0 aliphatic rings. The molecule has 2 rings (SSSR count). The molecule has 0 bridgehead atoms. The Morgan fingerprint density at radius 2 is 1.62 bits per heavy atom. The van der Waals surface area contributed by atoms with Crippen LogP contribution in [0.15, 0.2) is 48.5 Å². The van der Waals surface area contributed by atoms with E-state index in [1.54, 1.807) is 48.5 Å². The van der Waals surface area contributed by atoms with E-state index in [1.165, 1.54) is 0 Å². The molecule has 136 valence electrons. The Morgan fingerprint density at radius 1 is 0.962 bits per heavy atom. The number of nitrogens with two attached hydrogens (primary N) is 1. The van der Waals surface area contributed by atoms with Crippen LogP contribution >= 0.6 is 11.6 Å². The van der Waals surface area contributed by atoms with E-state index in [1.807, 2.05) is 0 Å². The lowest BCUT2D eigenvalue weighted by molar-refractivity contribution is -0.120. The fourth-order valence-corrected chi connectivity index (χ4v) is 1.99. The SMILES string of the molecule is NC(=O)NCC(=O)NNC(=O)c1ccc(COc2ccc(Cl)cc2)cc1. The van der Waals surface area contributed by atoms with E-state index < -0.39 is 17.8 Å². The minimum Gasteiger partial charge on any atom is -0.489 e. The van der Waals surface area contributed by atoms with Crippen molar-refractivity contribution >= 4 is 29.4 Å². The van der Waals surface area contributed by atoms with Gasteiger partial charge in [-0.25, -0.2) is 4.79 Å². The molecule has 5 N–H and O–H groups in total. The van der Waals surface area contributed by atoms with Crippen LogP contribution < -0.4 is 26.6 Å². The van der Waals surface area contributed by atoms with E-state index in [9.17, 15) is 14.4 Å². The summed E-state index contributed by atoms with van der Waals surface area (Å²) in [5, 5.41) is 2.73. The maximum absolute atomic E-state index is 11.9. The van der Waals surface area contributed by atoms with Crippen LogP contribution in [0, 0.1) is 0 Å². The van der Waals surface area contributed by atoms with Crippen LogP contribution in [0.5, 0.6) is 5.75 Å².